The Hall–Kier alpha value is -3.78. The molecule has 2 fully saturated rings. The van der Waals surface area contributed by atoms with E-state index in [2.05, 4.69) is 138 Å². The van der Waals surface area contributed by atoms with Gasteiger partial charge in [-0.2, -0.15) is 0 Å². The molecule has 0 radical (unpaired) electrons. The number of piperidine rings is 1. The number of aromatic nitrogens is 2. The van der Waals surface area contributed by atoms with E-state index < -0.39 is 0 Å². The Bertz CT molecular complexity index is 1660. The van der Waals surface area contributed by atoms with Crippen LogP contribution in [0.3, 0.4) is 0 Å². The van der Waals surface area contributed by atoms with Crippen LogP contribution in [0.25, 0.3) is 16.7 Å². The molecule has 7 heteroatoms. The van der Waals surface area contributed by atoms with Crippen LogP contribution >= 0.6 is 15.9 Å². The van der Waals surface area contributed by atoms with Crippen LogP contribution in [-0.4, -0.2) is 69.4 Å². The smallest absolute Gasteiger partial charge is 0.227 e. The molecule has 44 heavy (non-hydrogen) atoms. The van der Waals surface area contributed by atoms with Gasteiger partial charge >= 0.3 is 0 Å². The summed E-state index contributed by atoms with van der Waals surface area (Å²) in [6, 6.07) is 38.4. The zero-order valence-corrected chi connectivity index (χ0v) is 26.5. The third kappa shape index (κ3) is 6.09. The molecule has 6 nitrogen and oxygen atoms in total. The second-order valence-electron chi connectivity index (χ2n) is 12.0. The van der Waals surface area contributed by atoms with Crippen molar-refractivity contribution in [2.45, 2.75) is 25.4 Å². The largest absolute Gasteiger partial charge is 0.340 e. The average molecular weight is 649 g/mol. The molecule has 4 aromatic carbocycles. The highest BCUT2D eigenvalue weighted by molar-refractivity contribution is 9.10. The molecule has 3 heterocycles. The summed E-state index contributed by atoms with van der Waals surface area (Å²) < 4.78 is 3.32. The fourth-order valence-corrected chi connectivity index (χ4v) is 7.27. The van der Waals surface area contributed by atoms with Gasteiger partial charge in [-0.25, -0.2) is 4.98 Å². The minimum Gasteiger partial charge on any atom is -0.340 e. The van der Waals surface area contributed by atoms with Crippen LogP contribution < -0.4 is 0 Å². The fraction of sp³-hybridized carbons (Fsp3) is 0.297. The second kappa shape index (κ2) is 13.1. The molecule has 224 valence electrons. The van der Waals surface area contributed by atoms with Gasteiger partial charge < -0.3 is 4.90 Å². The number of para-hydroxylation sites is 2. The summed E-state index contributed by atoms with van der Waals surface area (Å²) in [5, 5.41) is 0. The van der Waals surface area contributed by atoms with Crippen molar-refractivity contribution in [3.63, 3.8) is 0 Å². The molecule has 1 aromatic heterocycles. The highest BCUT2D eigenvalue weighted by Gasteiger charge is 2.33. The molecule has 1 atom stereocenters. The predicted molar refractivity (Wildman–Crippen MR) is 180 cm³/mol. The van der Waals surface area contributed by atoms with Crippen molar-refractivity contribution in [1.29, 1.82) is 0 Å². The second-order valence-corrected chi connectivity index (χ2v) is 12.9. The van der Waals surface area contributed by atoms with Crippen LogP contribution in [0.1, 0.15) is 35.8 Å². The molecule has 0 spiro atoms. The maximum Gasteiger partial charge on any atom is 0.227 e. The number of imidazole rings is 1. The Morgan fingerprint density at radius 1 is 0.773 bits per heavy atom. The molecule has 2 aliphatic heterocycles. The molecule has 0 saturated carbocycles. The monoisotopic (exact) mass is 647 g/mol. The first-order chi connectivity index (χ1) is 21.6. The summed E-state index contributed by atoms with van der Waals surface area (Å²) in [4.78, 5) is 26.0. The Balaban J connectivity index is 1.03. The summed E-state index contributed by atoms with van der Waals surface area (Å²) >= 11 is 3.57. The van der Waals surface area contributed by atoms with Gasteiger partial charge in [0.15, 0.2) is 0 Å². The number of amides is 1. The quantitative estimate of drug-likeness (QED) is 0.192. The summed E-state index contributed by atoms with van der Waals surface area (Å²) in [5.74, 6) is 1.36. The van der Waals surface area contributed by atoms with Gasteiger partial charge in [-0.1, -0.05) is 88.7 Å². The number of hydrogen-bond donors (Lipinski definition) is 0. The Labute approximate surface area is 268 Å². The number of piperazine rings is 1. The fourth-order valence-electron chi connectivity index (χ4n) is 7.00. The van der Waals surface area contributed by atoms with Gasteiger partial charge in [0.1, 0.15) is 5.82 Å². The van der Waals surface area contributed by atoms with Crippen LogP contribution in [0.5, 0.6) is 0 Å². The molecule has 1 amide bonds. The third-order valence-electron chi connectivity index (χ3n) is 9.16. The number of fused-ring (bicyclic) bond motifs is 1. The zero-order valence-electron chi connectivity index (χ0n) is 24.9. The molecular weight excluding hydrogens is 610 g/mol. The molecule has 0 bridgehead atoms. The number of nitrogens with zero attached hydrogens (tertiary/aromatic N) is 5. The highest BCUT2D eigenvalue weighted by atomic mass is 79.9. The highest BCUT2D eigenvalue weighted by Crippen LogP contribution is 2.31. The normalized spacial score (nSPS) is 18.2. The molecule has 2 saturated heterocycles. The van der Waals surface area contributed by atoms with E-state index in [9.17, 15) is 4.79 Å². The number of hydrogen-bond acceptors (Lipinski definition) is 4. The van der Waals surface area contributed by atoms with E-state index in [0.29, 0.717) is 5.91 Å². The zero-order chi connectivity index (χ0) is 29.9. The van der Waals surface area contributed by atoms with Crippen molar-refractivity contribution >= 4 is 32.9 Å². The van der Waals surface area contributed by atoms with E-state index >= 15 is 0 Å². The van der Waals surface area contributed by atoms with E-state index in [1.54, 1.807) is 0 Å². The first-order valence-electron chi connectivity index (χ1n) is 15.7. The summed E-state index contributed by atoms with van der Waals surface area (Å²) in [6.07, 6.45) is 1.98. The summed E-state index contributed by atoms with van der Waals surface area (Å²) in [5.41, 5.74) is 5.81. The van der Waals surface area contributed by atoms with Crippen molar-refractivity contribution in [2.75, 3.05) is 39.3 Å². The van der Waals surface area contributed by atoms with E-state index in [-0.39, 0.29) is 12.0 Å². The van der Waals surface area contributed by atoms with Crippen LogP contribution in [-0.2, 0) is 11.3 Å². The van der Waals surface area contributed by atoms with Crippen LogP contribution in [0.2, 0.25) is 0 Å². The molecule has 0 aliphatic carbocycles. The minimum absolute atomic E-state index is 0.0276. The van der Waals surface area contributed by atoms with Crippen molar-refractivity contribution < 1.29 is 4.79 Å². The van der Waals surface area contributed by atoms with Gasteiger partial charge in [-0.3, -0.25) is 19.2 Å². The third-order valence-corrected chi connectivity index (χ3v) is 9.69. The van der Waals surface area contributed by atoms with E-state index in [1.165, 1.54) is 11.1 Å². The number of halogens is 1. The van der Waals surface area contributed by atoms with Crippen molar-refractivity contribution in [1.82, 2.24) is 24.3 Å². The lowest BCUT2D eigenvalue weighted by molar-refractivity contribution is -0.139. The van der Waals surface area contributed by atoms with Gasteiger partial charge in [0.05, 0.1) is 29.5 Å². The molecule has 2 aliphatic rings. The molecule has 5 aromatic rings. The van der Waals surface area contributed by atoms with Crippen molar-refractivity contribution in [2.24, 2.45) is 5.92 Å². The van der Waals surface area contributed by atoms with Gasteiger partial charge in [0.2, 0.25) is 5.91 Å². The lowest BCUT2D eigenvalue weighted by Gasteiger charge is -2.42. The van der Waals surface area contributed by atoms with E-state index in [0.717, 1.165) is 85.7 Å². The van der Waals surface area contributed by atoms with E-state index in [4.69, 9.17) is 4.98 Å². The topological polar surface area (TPSA) is 44.6 Å². The molecule has 0 N–H and O–H groups in total. The first kappa shape index (κ1) is 29.0. The molecular formula is C37H38BrN5O. The lowest BCUT2D eigenvalue weighted by Crippen LogP contribution is -2.53. The van der Waals surface area contributed by atoms with Gasteiger partial charge in [-0.15, -0.1) is 0 Å². The summed E-state index contributed by atoms with van der Waals surface area (Å²) in [6.45, 7) is 5.76. The lowest BCUT2D eigenvalue weighted by atomic mass is 9.95. The van der Waals surface area contributed by atoms with Crippen LogP contribution in [0, 0.1) is 5.92 Å². The van der Waals surface area contributed by atoms with Crippen molar-refractivity contribution in [3.8, 4) is 5.69 Å². The first-order valence-corrected chi connectivity index (χ1v) is 16.5. The van der Waals surface area contributed by atoms with Crippen LogP contribution in [0.15, 0.2) is 114 Å². The SMILES string of the molecule is O=C([C@H]1CCCN(Cc2nc3ccccc3n2-c2ccc(Br)cc2)C1)N1CCN(C(c2ccccc2)c2ccccc2)CC1. The minimum atomic E-state index is 0.0276. The summed E-state index contributed by atoms with van der Waals surface area (Å²) in [7, 11) is 0. The predicted octanol–water partition coefficient (Wildman–Crippen LogP) is 6.93. The van der Waals surface area contributed by atoms with Gasteiger partial charge in [0, 0.05) is 42.9 Å². The average Bonchev–Trinajstić information content (AvgIpc) is 3.44. The maximum absolute atomic E-state index is 13.9. The number of benzene rings is 4. The number of rotatable bonds is 7. The maximum atomic E-state index is 13.9. The Morgan fingerprint density at radius 2 is 1.41 bits per heavy atom. The Morgan fingerprint density at radius 3 is 2.09 bits per heavy atom. The van der Waals surface area contributed by atoms with E-state index in [1.807, 2.05) is 6.07 Å². The van der Waals surface area contributed by atoms with Gasteiger partial charge in [0.25, 0.3) is 0 Å². The van der Waals surface area contributed by atoms with Gasteiger partial charge in [-0.05, 0) is 66.9 Å². The van der Waals surface area contributed by atoms with Crippen LogP contribution in [0.4, 0.5) is 0 Å². The number of carbonyl (C=O) groups is 1. The van der Waals surface area contributed by atoms with Crippen molar-refractivity contribution in [3.05, 3.63) is 131 Å². The molecule has 0 unspecified atom stereocenters. The Kier molecular flexibility index (Phi) is 8.60. The number of carbonyl (C=O) groups excluding carboxylic acids is 1. The number of likely N-dealkylation sites (tertiary alicyclic amines) is 1. The standard InChI is InChI=1S/C37H38BrN5O/c38-31-17-19-32(20-18-31)43-34-16-8-7-15-33(34)39-35(43)27-40-21-9-14-30(26-40)37(44)42-24-22-41(23-25-42)36(28-10-3-1-4-11-28)29-12-5-2-6-13-29/h1-8,10-13,15-20,30,36H,9,14,21-27H2/t30-/m0/s1. The molecule has 7 rings (SSSR count).